The third kappa shape index (κ3) is 3.34. The highest BCUT2D eigenvalue weighted by atomic mass is 32.2. The maximum Gasteiger partial charge on any atom is 0.301 e. The highest BCUT2D eigenvalue weighted by Gasteiger charge is 2.20. The fourth-order valence-electron chi connectivity index (χ4n) is 1.25. The number of hydrogen-bond donors (Lipinski definition) is 2. The molecule has 0 saturated heterocycles. The molecule has 0 aliphatic rings. The van der Waals surface area contributed by atoms with Crippen molar-refractivity contribution in [2.45, 2.75) is 26.8 Å². The van der Waals surface area contributed by atoms with Gasteiger partial charge in [0.15, 0.2) is 0 Å². The lowest BCUT2D eigenvalue weighted by Crippen LogP contribution is -2.37. The zero-order valence-electron chi connectivity index (χ0n) is 10.6. The summed E-state index contributed by atoms with van der Waals surface area (Å²) >= 11 is 0. The minimum atomic E-state index is -3.55. The molecule has 5 nitrogen and oxygen atoms in total. The number of nitrogen functional groups attached to an aromatic ring is 1. The van der Waals surface area contributed by atoms with Gasteiger partial charge in [0.05, 0.1) is 11.4 Å². The monoisotopic (exact) mass is 257 g/mol. The Bertz CT molecular complexity index is 497. The van der Waals surface area contributed by atoms with Crippen LogP contribution >= 0.6 is 0 Å². The fourth-order valence-corrected chi connectivity index (χ4v) is 2.40. The number of anilines is 2. The maximum atomic E-state index is 12.0. The van der Waals surface area contributed by atoms with Crippen LogP contribution in [-0.4, -0.2) is 25.8 Å². The van der Waals surface area contributed by atoms with E-state index in [1.165, 1.54) is 11.4 Å². The Balaban J connectivity index is 3.02. The summed E-state index contributed by atoms with van der Waals surface area (Å²) in [6.45, 7) is 5.49. The molecular formula is C11H19N3O2S. The molecule has 0 fully saturated rings. The lowest BCUT2D eigenvalue weighted by Gasteiger charge is -2.22. The summed E-state index contributed by atoms with van der Waals surface area (Å²) in [5, 5.41) is 0. The van der Waals surface area contributed by atoms with Gasteiger partial charge in [0, 0.05) is 13.1 Å². The first kappa shape index (κ1) is 13.8. The number of aryl methyl sites for hydroxylation is 1. The molecule has 1 aromatic rings. The summed E-state index contributed by atoms with van der Waals surface area (Å²) in [5.74, 6) is 0. The van der Waals surface area contributed by atoms with Crippen LogP contribution in [0.1, 0.15) is 19.4 Å². The van der Waals surface area contributed by atoms with E-state index in [4.69, 9.17) is 5.73 Å². The van der Waals surface area contributed by atoms with Crippen molar-refractivity contribution in [2.24, 2.45) is 0 Å². The number of benzene rings is 1. The van der Waals surface area contributed by atoms with Crippen LogP contribution < -0.4 is 10.5 Å². The van der Waals surface area contributed by atoms with Gasteiger partial charge < -0.3 is 5.73 Å². The van der Waals surface area contributed by atoms with Gasteiger partial charge >= 0.3 is 10.2 Å². The van der Waals surface area contributed by atoms with Crippen LogP contribution in [0.15, 0.2) is 18.2 Å². The number of rotatable bonds is 4. The largest absolute Gasteiger partial charge is 0.397 e. The normalized spacial score (nSPS) is 12.1. The molecular weight excluding hydrogens is 238 g/mol. The standard InChI is InChI=1S/C11H19N3O2S/c1-8(2)14(4)17(15,16)13-11-7-9(3)5-6-10(11)12/h5-8,13H,12H2,1-4H3. The molecule has 0 aliphatic carbocycles. The molecule has 96 valence electrons. The van der Waals surface area contributed by atoms with Gasteiger partial charge in [-0.15, -0.1) is 0 Å². The summed E-state index contributed by atoms with van der Waals surface area (Å²) in [5.41, 5.74) is 7.50. The van der Waals surface area contributed by atoms with Gasteiger partial charge in [0.25, 0.3) is 0 Å². The van der Waals surface area contributed by atoms with Crippen LogP contribution in [0.5, 0.6) is 0 Å². The van der Waals surface area contributed by atoms with Crippen molar-refractivity contribution in [3.8, 4) is 0 Å². The molecule has 0 unspecified atom stereocenters. The Hall–Kier alpha value is -1.27. The van der Waals surface area contributed by atoms with E-state index in [2.05, 4.69) is 4.72 Å². The van der Waals surface area contributed by atoms with Crippen LogP contribution in [0.2, 0.25) is 0 Å². The summed E-state index contributed by atoms with van der Waals surface area (Å²) in [7, 11) is -2.02. The van der Waals surface area contributed by atoms with Gasteiger partial charge in [0.2, 0.25) is 0 Å². The van der Waals surface area contributed by atoms with Crippen LogP contribution in [0.4, 0.5) is 11.4 Å². The number of hydrogen-bond acceptors (Lipinski definition) is 3. The third-order valence-electron chi connectivity index (χ3n) is 2.55. The molecule has 0 spiro atoms. The zero-order valence-corrected chi connectivity index (χ0v) is 11.4. The summed E-state index contributed by atoms with van der Waals surface area (Å²) < 4.78 is 27.7. The summed E-state index contributed by atoms with van der Waals surface area (Å²) in [4.78, 5) is 0. The highest BCUT2D eigenvalue weighted by molar-refractivity contribution is 7.90. The maximum absolute atomic E-state index is 12.0. The molecule has 0 saturated carbocycles. The molecule has 6 heteroatoms. The van der Waals surface area contributed by atoms with Crippen LogP contribution in [0, 0.1) is 6.92 Å². The molecule has 3 N–H and O–H groups in total. The predicted molar refractivity (Wildman–Crippen MR) is 71.0 cm³/mol. The van der Waals surface area contributed by atoms with Crippen LogP contribution in [0.25, 0.3) is 0 Å². The second kappa shape index (κ2) is 4.93. The number of nitrogens with one attached hydrogen (secondary N) is 1. The van der Waals surface area contributed by atoms with Crippen molar-refractivity contribution in [2.75, 3.05) is 17.5 Å². The minimum absolute atomic E-state index is 0.112. The van der Waals surface area contributed by atoms with E-state index in [1.54, 1.807) is 26.0 Å². The van der Waals surface area contributed by atoms with E-state index in [1.807, 2.05) is 13.0 Å². The van der Waals surface area contributed by atoms with Crippen LogP contribution in [0.3, 0.4) is 0 Å². The Kier molecular flexibility index (Phi) is 4.00. The second-order valence-corrected chi connectivity index (χ2v) is 6.04. The average molecular weight is 257 g/mol. The van der Waals surface area contributed by atoms with E-state index in [9.17, 15) is 8.42 Å². The quantitative estimate of drug-likeness (QED) is 0.804. The van der Waals surface area contributed by atoms with Gasteiger partial charge in [-0.2, -0.15) is 12.7 Å². The van der Waals surface area contributed by atoms with E-state index >= 15 is 0 Å². The Morgan fingerprint density at radius 1 is 1.35 bits per heavy atom. The summed E-state index contributed by atoms with van der Waals surface area (Å²) in [6.07, 6.45) is 0. The Morgan fingerprint density at radius 2 is 1.94 bits per heavy atom. The van der Waals surface area contributed by atoms with Crippen molar-refractivity contribution in [3.05, 3.63) is 23.8 Å². The van der Waals surface area contributed by atoms with E-state index < -0.39 is 10.2 Å². The van der Waals surface area contributed by atoms with E-state index in [-0.39, 0.29) is 6.04 Å². The molecule has 0 radical (unpaired) electrons. The first-order valence-electron chi connectivity index (χ1n) is 5.36. The number of nitrogens with zero attached hydrogens (tertiary/aromatic N) is 1. The Labute approximate surface area is 103 Å². The zero-order chi connectivity index (χ0) is 13.2. The first-order valence-corrected chi connectivity index (χ1v) is 6.80. The van der Waals surface area contributed by atoms with Crippen molar-refractivity contribution in [1.82, 2.24) is 4.31 Å². The molecule has 0 atom stereocenters. The van der Waals surface area contributed by atoms with Crippen molar-refractivity contribution in [1.29, 1.82) is 0 Å². The van der Waals surface area contributed by atoms with E-state index in [0.29, 0.717) is 11.4 Å². The third-order valence-corrected chi connectivity index (χ3v) is 4.21. The highest BCUT2D eigenvalue weighted by Crippen LogP contribution is 2.21. The molecule has 0 heterocycles. The van der Waals surface area contributed by atoms with E-state index in [0.717, 1.165) is 5.56 Å². The van der Waals surface area contributed by atoms with Gasteiger partial charge in [0.1, 0.15) is 0 Å². The molecule has 0 aromatic heterocycles. The smallest absolute Gasteiger partial charge is 0.301 e. The van der Waals surface area contributed by atoms with Gasteiger partial charge in [-0.3, -0.25) is 4.72 Å². The lowest BCUT2D eigenvalue weighted by atomic mass is 10.2. The lowest BCUT2D eigenvalue weighted by molar-refractivity contribution is 0.414. The Morgan fingerprint density at radius 3 is 2.47 bits per heavy atom. The van der Waals surface area contributed by atoms with Gasteiger partial charge in [-0.1, -0.05) is 6.07 Å². The molecule has 0 bridgehead atoms. The molecule has 0 amide bonds. The summed E-state index contributed by atoms with van der Waals surface area (Å²) in [6, 6.07) is 5.11. The molecule has 1 aromatic carbocycles. The average Bonchev–Trinajstić information content (AvgIpc) is 2.21. The van der Waals surface area contributed by atoms with Crippen molar-refractivity contribution < 1.29 is 8.42 Å². The predicted octanol–water partition coefficient (Wildman–Crippen LogP) is 1.57. The second-order valence-electron chi connectivity index (χ2n) is 4.31. The van der Waals surface area contributed by atoms with Crippen molar-refractivity contribution >= 4 is 21.6 Å². The fraction of sp³-hybridized carbons (Fsp3) is 0.455. The first-order chi connectivity index (χ1) is 7.74. The molecule has 17 heavy (non-hydrogen) atoms. The van der Waals surface area contributed by atoms with Gasteiger partial charge in [-0.05, 0) is 38.5 Å². The molecule has 1 rings (SSSR count). The van der Waals surface area contributed by atoms with Crippen molar-refractivity contribution in [3.63, 3.8) is 0 Å². The number of nitrogens with two attached hydrogens (primary N) is 1. The van der Waals surface area contributed by atoms with Gasteiger partial charge in [-0.25, -0.2) is 0 Å². The van der Waals surface area contributed by atoms with Crippen LogP contribution in [-0.2, 0) is 10.2 Å². The topological polar surface area (TPSA) is 75.4 Å². The SMILES string of the molecule is Cc1ccc(N)c(NS(=O)(=O)N(C)C(C)C)c1. The minimum Gasteiger partial charge on any atom is -0.397 e. The molecule has 0 aliphatic heterocycles.